The average Bonchev–Trinajstić information content (AvgIpc) is 2.47. The number of non-ortho nitro benzene ring substituents is 1. The van der Waals surface area contributed by atoms with Crippen molar-refractivity contribution in [1.82, 2.24) is 4.72 Å². The van der Waals surface area contributed by atoms with Crippen molar-refractivity contribution >= 4 is 27.3 Å². The summed E-state index contributed by atoms with van der Waals surface area (Å²) in [6.07, 6.45) is 0.683. The van der Waals surface area contributed by atoms with E-state index in [1.807, 2.05) is 0 Å². The summed E-state index contributed by atoms with van der Waals surface area (Å²) in [5.74, 6) is 0. The highest BCUT2D eigenvalue weighted by molar-refractivity contribution is 7.89. The second kappa shape index (κ2) is 8.42. The maximum absolute atomic E-state index is 12.2. The first-order chi connectivity index (χ1) is 10.3. The van der Waals surface area contributed by atoms with E-state index in [4.69, 9.17) is 11.6 Å². The molecule has 2 N–H and O–H groups in total. The van der Waals surface area contributed by atoms with Crippen molar-refractivity contribution in [3.8, 4) is 0 Å². The van der Waals surface area contributed by atoms with Crippen LogP contribution in [0.25, 0.3) is 0 Å². The van der Waals surface area contributed by atoms with Gasteiger partial charge in [0.1, 0.15) is 4.90 Å². The summed E-state index contributed by atoms with van der Waals surface area (Å²) in [7, 11) is -3.85. The number of halogens is 1. The summed E-state index contributed by atoms with van der Waals surface area (Å²) < 4.78 is 26.8. The van der Waals surface area contributed by atoms with Crippen LogP contribution < -0.4 is 9.62 Å². The molecule has 0 radical (unpaired) electrons. The third kappa shape index (κ3) is 5.20. The van der Waals surface area contributed by atoms with Gasteiger partial charge in [0.25, 0.3) is 5.69 Å². The van der Waals surface area contributed by atoms with Crippen LogP contribution >= 0.6 is 11.6 Å². The first-order valence-electron chi connectivity index (χ1n) is 7.09. The van der Waals surface area contributed by atoms with Gasteiger partial charge in [0, 0.05) is 25.1 Å². The molecule has 0 heterocycles. The Balaban J connectivity index is 2.74. The molecular formula is C13H21ClN3O4S+. The lowest BCUT2D eigenvalue weighted by atomic mass is 10.3. The zero-order valence-corrected chi connectivity index (χ0v) is 14.2. The molecule has 1 aromatic rings. The minimum absolute atomic E-state index is 0.0348. The van der Waals surface area contributed by atoms with Gasteiger partial charge < -0.3 is 4.90 Å². The Labute approximate surface area is 135 Å². The van der Waals surface area contributed by atoms with Crippen molar-refractivity contribution in [2.24, 2.45) is 0 Å². The van der Waals surface area contributed by atoms with Gasteiger partial charge in [-0.25, -0.2) is 13.1 Å². The van der Waals surface area contributed by atoms with Crippen molar-refractivity contribution < 1.29 is 18.2 Å². The Morgan fingerprint density at radius 3 is 2.50 bits per heavy atom. The van der Waals surface area contributed by atoms with Crippen LogP contribution in [-0.4, -0.2) is 39.5 Å². The molecule has 0 aliphatic carbocycles. The van der Waals surface area contributed by atoms with Crippen LogP contribution in [-0.2, 0) is 10.0 Å². The number of nitrogens with zero attached hydrogens (tertiary/aromatic N) is 1. The number of rotatable bonds is 9. The van der Waals surface area contributed by atoms with Gasteiger partial charge in [0.05, 0.1) is 29.6 Å². The summed E-state index contributed by atoms with van der Waals surface area (Å²) >= 11 is 5.85. The number of nitro benzene ring substituents is 1. The first-order valence-corrected chi connectivity index (χ1v) is 8.95. The van der Waals surface area contributed by atoms with Crippen LogP contribution in [0, 0.1) is 10.1 Å². The highest BCUT2D eigenvalue weighted by Gasteiger charge is 2.21. The minimum atomic E-state index is -3.85. The van der Waals surface area contributed by atoms with Gasteiger partial charge in [-0.1, -0.05) is 11.6 Å². The second-order valence-corrected chi connectivity index (χ2v) is 6.97. The van der Waals surface area contributed by atoms with Gasteiger partial charge in [0.15, 0.2) is 0 Å². The molecule has 0 aromatic heterocycles. The van der Waals surface area contributed by atoms with E-state index in [2.05, 4.69) is 18.6 Å². The molecule has 0 aliphatic heterocycles. The summed E-state index contributed by atoms with van der Waals surface area (Å²) in [5.41, 5.74) is -0.308. The van der Waals surface area contributed by atoms with E-state index in [1.54, 1.807) is 0 Å². The highest BCUT2D eigenvalue weighted by Crippen LogP contribution is 2.25. The predicted octanol–water partition coefficient (Wildman–Crippen LogP) is 0.841. The fourth-order valence-corrected chi connectivity index (χ4v) is 3.63. The van der Waals surface area contributed by atoms with Crippen LogP contribution in [0.5, 0.6) is 0 Å². The molecule has 0 bridgehead atoms. The van der Waals surface area contributed by atoms with E-state index in [9.17, 15) is 18.5 Å². The molecule has 0 amide bonds. The smallest absolute Gasteiger partial charge is 0.270 e. The van der Waals surface area contributed by atoms with E-state index >= 15 is 0 Å². The highest BCUT2D eigenvalue weighted by atomic mass is 35.5. The van der Waals surface area contributed by atoms with Crippen LogP contribution in [0.15, 0.2) is 23.1 Å². The van der Waals surface area contributed by atoms with Crippen molar-refractivity contribution in [3.05, 3.63) is 33.3 Å². The van der Waals surface area contributed by atoms with E-state index in [-0.39, 0.29) is 22.2 Å². The van der Waals surface area contributed by atoms with Gasteiger partial charge in [0.2, 0.25) is 10.0 Å². The standard InChI is InChI=1S/C13H20ClN3O4S/c1-3-16(4-2)9-5-8-15-22(20,21)13-10-11(17(18)19)6-7-12(13)14/h6-7,10,15H,3-5,8-9H2,1-2H3/p+1. The van der Waals surface area contributed by atoms with Crippen LogP contribution in [0.2, 0.25) is 5.02 Å². The molecule has 0 aliphatic rings. The minimum Gasteiger partial charge on any atom is -0.335 e. The number of hydrogen-bond donors (Lipinski definition) is 2. The second-order valence-electron chi connectivity index (χ2n) is 4.83. The zero-order chi connectivity index (χ0) is 16.8. The molecule has 0 atom stereocenters. The van der Waals surface area contributed by atoms with Crippen molar-refractivity contribution in [1.29, 1.82) is 0 Å². The maximum atomic E-state index is 12.2. The molecule has 0 saturated heterocycles. The molecule has 7 nitrogen and oxygen atoms in total. The summed E-state index contributed by atoms with van der Waals surface area (Å²) in [6, 6.07) is 3.36. The maximum Gasteiger partial charge on any atom is 0.270 e. The van der Waals surface area contributed by atoms with Gasteiger partial charge in [-0.2, -0.15) is 0 Å². The third-order valence-electron chi connectivity index (χ3n) is 3.41. The molecule has 1 aromatic carbocycles. The quantitative estimate of drug-likeness (QED) is 0.392. The molecule has 0 spiro atoms. The molecule has 0 saturated carbocycles. The van der Waals surface area contributed by atoms with Crippen LogP contribution in [0.3, 0.4) is 0 Å². The third-order valence-corrected chi connectivity index (χ3v) is 5.36. The Bertz CT molecular complexity index is 618. The lowest BCUT2D eigenvalue weighted by molar-refractivity contribution is -0.896. The lowest BCUT2D eigenvalue weighted by Gasteiger charge is -2.15. The molecule has 1 rings (SSSR count). The molecule has 0 unspecified atom stereocenters. The Hall–Kier alpha value is -1.22. The fraction of sp³-hybridized carbons (Fsp3) is 0.538. The monoisotopic (exact) mass is 350 g/mol. The zero-order valence-electron chi connectivity index (χ0n) is 12.6. The van der Waals surface area contributed by atoms with Gasteiger partial charge in [-0.3, -0.25) is 10.1 Å². The number of quaternary nitrogens is 1. The normalized spacial score (nSPS) is 11.8. The van der Waals surface area contributed by atoms with E-state index in [0.29, 0.717) is 6.42 Å². The average molecular weight is 351 g/mol. The van der Waals surface area contributed by atoms with Crippen molar-refractivity contribution in [3.63, 3.8) is 0 Å². The summed E-state index contributed by atoms with van der Waals surface area (Å²) in [6.45, 7) is 7.25. The molecule has 0 fully saturated rings. The van der Waals surface area contributed by atoms with Gasteiger partial charge in [-0.05, 0) is 19.9 Å². The molecule has 124 valence electrons. The van der Waals surface area contributed by atoms with E-state index < -0.39 is 14.9 Å². The van der Waals surface area contributed by atoms with Gasteiger partial charge >= 0.3 is 0 Å². The molecule has 22 heavy (non-hydrogen) atoms. The van der Waals surface area contributed by atoms with Crippen molar-refractivity contribution in [2.45, 2.75) is 25.2 Å². The molecule has 9 heteroatoms. The Morgan fingerprint density at radius 2 is 1.95 bits per heavy atom. The Kier molecular flexibility index (Phi) is 7.21. The number of benzene rings is 1. The number of hydrogen-bond acceptors (Lipinski definition) is 4. The van der Waals surface area contributed by atoms with E-state index in [0.717, 1.165) is 25.7 Å². The van der Waals surface area contributed by atoms with Crippen molar-refractivity contribution in [2.75, 3.05) is 26.2 Å². The number of nitro groups is 1. The van der Waals surface area contributed by atoms with E-state index in [1.165, 1.54) is 17.0 Å². The largest absolute Gasteiger partial charge is 0.335 e. The lowest BCUT2D eigenvalue weighted by Crippen LogP contribution is -3.11. The van der Waals surface area contributed by atoms with Crippen LogP contribution in [0.4, 0.5) is 5.69 Å². The fourth-order valence-electron chi connectivity index (χ4n) is 2.04. The van der Waals surface area contributed by atoms with Gasteiger partial charge in [-0.15, -0.1) is 0 Å². The number of nitrogens with one attached hydrogen (secondary N) is 2. The first kappa shape index (κ1) is 18.8. The SMILES string of the molecule is CC[NH+](CC)CCCNS(=O)(=O)c1cc([N+](=O)[O-])ccc1Cl. The number of sulfonamides is 1. The predicted molar refractivity (Wildman–Crippen MR) is 84.8 cm³/mol. The Morgan fingerprint density at radius 1 is 1.32 bits per heavy atom. The summed E-state index contributed by atoms with van der Waals surface area (Å²) in [5, 5.41) is 10.7. The topological polar surface area (TPSA) is 93.8 Å². The summed E-state index contributed by atoms with van der Waals surface area (Å²) in [4.78, 5) is 11.2. The molecular weight excluding hydrogens is 330 g/mol. The van der Waals surface area contributed by atoms with Crippen LogP contribution in [0.1, 0.15) is 20.3 Å².